The SMILES string of the molecule is COC(=O)C(C)(C)C1(Br)C=CC(c2ccccc2)=CC1. The number of halogens is 1. The zero-order valence-electron chi connectivity index (χ0n) is 12.0. The number of ether oxygens (including phenoxy) is 1. The minimum atomic E-state index is -0.628. The average molecular weight is 335 g/mol. The second-order valence-electron chi connectivity index (χ2n) is 5.54. The Kier molecular flexibility index (Phi) is 4.19. The van der Waals surface area contributed by atoms with Gasteiger partial charge < -0.3 is 4.74 Å². The van der Waals surface area contributed by atoms with E-state index in [0.717, 1.165) is 6.42 Å². The Morgan fingerprint density at radius 2 is 1.95 bits per heavy atom. The summed E-state index contributed by atoms with van der Waals surface area (Å²) in [5, 5.41) is 0. The van der Waals surface area contributed by atoms with Crippen LogP contribution in [-0.2, 0) is 9.53 Å². The Morgan fingerprint density at radius 3 is 2.45 bits per heavy atom. The molecule has 1 aromatic carbocycles. The van der Waals surface area contributed by atoms with E-state index in [2.05, 4.69) is 46.3 Å². The summed E-state index contributed by atoms with van der Waals surface area (Å²) >= 11 is 3.73. The second kappa shape index (κ2) is 5.57. The first-order valence-electron chi connectivity index (χ1n) is 6.63. The summed E-state index contributed by atoms with van der Waals surface area (Å²) in [4.78, 5) is 12.0. The van der Waals surface area contributed by atoms with Gasteiger partial charge in [0.2, 0.25) is 0 Å². The van der Waals surface area contributed by atoms with Crippen molar-refractivity contribution in [3.63, 3.8) is 0 Å². The van der Waals surface area contributed by atoms with Gasteiger partial charge >= 0.3 is 5.97 Å². The van der Waals surface area contributed by atoms with Crippen LogP contribution in [0.3, 0.4) is 0 Å². The first-order valence-corrected chi connectivity index (χ1v) is 7.42. The molecule has 106 valence electrons. The third-order valence-electron chi connectivity index (χ3n) is 3.99. The van der Waals surface area contributed by atoms with Gasteiger partial charge in [-0.05, 0) is 31.4 Å². The molecule has 1 aromatic rings. The normalized spacial score (nSPS) is 22.3. The number of carbonyl (C=O) groups excluding carboxylic acids is 1. The van der Waals surface area contributed by atoms with Crippen LogP contribution >= 0.6 is 15.9 Å². The number of hydrogen-bond donors (Lipinski definition) is 0. The molecule has 2 rings (SSSR count). The predicted molar refractivity (Wildman–Crippen MR) is 85.6 cm³/mol. The Bertz CT molecular complexity index is 558. The topological polar surface area (TPSA) is 26.3 Å². The van der Waals surface area contributed by atoms with Crippen molar-refractivity contribution in [2.45, 2.75) is 24.6 Å². The van der Waals surface area contributed by atoms with Crippen LogP contribution in [0.2, 0.25) is 0 Å². The molecule has 1 atom stereocenters. The highest BCUT2D eigenvalue weighted by Crippen LogP contribution is 2.46. The van der Waals surface area contributed by atoms with Crippen molar-refractivity contribution >= 4 is 27.5 Å². The molecule has 20 heavy (non-hydrogen) atoms. The van der Waals surface area contributed by atoms with Crippen LogP contribution < -0.4 is 0 Å². The number of rotatable bonds is 3. The van der Waals surface area contributed by atoms with Crippen LogP contribution in [0.15, 0.2) is 48.6 Å². The second-order valence-corrected chi connectivity index (χ2v) is 6.96. The molecule has 1 aliphatic carbocycles. The van der Waals surface area contributed by atoms with Crippen LogP contribution in [0.4, 0.5) is 0 Å². The monoisotopic (exact) mass is 334 g/mol. The number of methoxy groups -OCH3 is 1. The maximum atomic E-state index is 12.0. The van der Waals surface area contributed by atoms with E-state index in [0.29, 0.717) is 0 Å². The molecule has 0 aliphatic heterocycles. The minimum absolute atomic E-state index is 0.212. The number of esters is 1. The lowest BCUT2D eigenvalue weighted by Crippen LogP contribution is -2.44. The van der Waals surface area contributed by atoms with Gasteiger partial charge in [0.15, 0.2) is 0 Å². The highest BCUT2D eigenvalue weighted by molar-refractivity contribution is 9.10. The molecule has 0 bridgehead atoms. The first-order chi connectivity index (χ1) is 9.40. The molecule has 1 aliphatic rings. The van der Waals surface area contributed by atoms with E-state index in [1.54, 1.807) is 0 Å². The summed E-state index contributed by atoms with van der Waals surface area (Å²) in [6.07, 6.45) is 7.04. The van der Waals surface area contributed by atoms with Gasteiger partial charge in [-0.1, -0.05) is 64.5 Å². The smallest absolute Gasteiger partial charge is 0.312 e. The van der Waals surface area contributed by atoms with E-state index < -0.39 is 9.74 Å². The molecule has 0 spiro atoms. The lowest BCUT2D eigenvalue weighted by molar-refractivity contribution is -0.151. The van der Waals surface area contributed by atoms with E-state index in [1.165, 1.54) is 18.2 Å². The van der Waals surface area contributed by atoms with Crippen molar-refractivity contribution < 1.29 is 9.53 Å². The predicted octanol–water partition coefficient (Wildman–Crippen LogP) is 4.36. The Balaban J connectivity index is 2.24. The molecular weight excluding hydrogens is 316 g/mol. The van der Waals surface area contributed by atoms with Crippen LogP contribution in [0.25, 0.3) is 5.57 Å². The molecule has 0 heterocycles. The third-order valence-corrected chi connectivity index (χ3v) is 5.57. The Labute approximate surface area is 128 Å². The van der Waals surface area contributed by atoms with E-state index in [-0.39, 0.29) is 5.97 Å². The van der Waals surface area contributed by atoms with E-state index in [1.807, 2.05) is 32.0 Å². The zero-order chi connectivity index (χ0) is 14.8. The van der Waals surface area contributed by atoms with Crippen LogP contribution in [0.5, 0.6) is 0 Å². The lowest BCUT2D eigenvalue weighted by atomic mass is 9.74. The van der Waals surface area contributed by atoms with Crippen LogP contribution in [-0.4, -0.2) is 17.4 Å². The van der Waals surface area contributed by atoms with Crippen molar-refractivity contribution in [1.82, 2.24) is 0 Å². The van der Waals surface area contributed by atoms with E-state index in [4.69, 9.17) is 4.74 Å². The highest BCUT2D eigenvalue weighted by Gasteiger charge is 2.47. The average Bonchev–Trinajstić information content (AvgIpc) is 2.47. The molecule has 2 nitrogen and oxygen atoms in total. The Morgan fingerprint density at radius 1 is 1.30 bits per heavy atom. The maximum Gasteiger partial charge on any atom is 0.312 e. The van der Waals surface area contributed by atoms with Crippen LogP contribution in [0, 0.1) is 5.41 Å². The molecule has 0 saturated heterocycles. The van der Waals surface area contributed by atoms with Gasteiger partial charge in [0.05, 0.1) is 16.8 Å². The summed E-state index contributed by atoms with van der Waals surface area (Å²) in [6.45, 7) is 3.80. The maximum absolute atomic E-state index is 12.0. The number of alkyl halides is 1. The van der Waals surface area contributed by atoms with Gasteiger partial charge in [-0.3, -0.25) is 4.79 Å². The molecule has 0 amide bonds. The van der Waals surface area contributed by atoms with Crippen molar-refractivity contribution in [3.05, 3.63) is 54.1 Å². The van der Waals surface area contributed by atoms with Crippen molar-refractivity contribution in [3.8, 4) is 0 Å². The zero-order valence-corrected chi connectivity index (χ0v) is 13.6. The van der Waals surface area contributed by atoms with Gasteiger partial charge in [-0.15, -0.1) is 0 Å². The molecule has 0 aromatic heterocycles. The fourth-order valence-electron chi connectivity index (χ4n) is 2.35. The van der Waals surface area contributed by atoms with Gasteiger partial charge in [0.25, 0.3) is 0 Å². The number of carbonyl (C=O) groups is 1. The highest BCUT2D eigenvalue weighted by atomic mass is 79.9. The fraction of sp³-hybridized carbons (Fsp3) is 0.353. The quantitative estimate of drug-likeness (QED) is 0.606. The fourth-order valence-corrected chi connectivity index (χ4v) is 2.81. The number of benzene rings is 1. The molecule has 0 N–H and O–H groups in total. The molecule has 0 fully saturated rings. The molecule has 0 radical (unpaired) electrons. The molecular formula is C17H19BrO2. The summed E-state index contributed by atoms with van der Waals surface area (Å²) < 4.78 is 4.51. The molecule has 3 heteroatoms. The largest absolute Gasteiger partial charge is 0.469 e. The van der Waals surface area contributed by atoms with Gasteiger partial charge in [0.1, 0.15) is 0 Å². The lowest BCUT2D eigenvalue weighted by Gasteiger charge is -2.39. The van der Waals surface area contributed by atoms with Crippen molar-refractivity contribution in [1.29, 1.82) is 0 Å². The molecule has 1 unspecified atom stereocenters. The van der Waals surface area contributed by atoms with Crippen molar-refractivity contribution in [2.24, 2.45) is 5.41 Å². The van der Waals surface area contributed by atoms with E-state index >= 15 is 0 Å². The minimum Gasteiger partial charge on any atom is -0.469 e. The van der Waals surface area contributed by atoms with Gasteiger partial charge in [-0.2, -0.15) is 0 Å². The third kappa shape index (κ3) is 2.59. The number of allylic oxidation sites excluding steroid dienone is 4. The van der Waals surface area contributed by atoms with Crippen LogP contribution in [0.1, 0.15) is 25.8 Å². The van der Waals surface area contributed by atoms with Gasteiger partial charge in [-0.25, -0.2) is 0 Å². The van der Waals surface area contributed by atoms with Gasteiger partial charge in [0, 0.05) is 0 Å². The summed E-state index contributed by atoms with van der Waals surface area (Å²) in [5.41, 5.74) is 1.74. The standard InChI is InChI=1S/C17H19BrO2/c1-16(2,15(19)20-3)17(18)11-9-14(10-12-17)13-7-5-4-6-8-13/h4-11H,12H2,1-3H3. The summed E-state index contributed by atoms with van der Waals surface area (Å²) in [5.74, 6) is -0.212. The Hall–Kier alpha value is -1.35. The summed E-state index contributed by atoms with van der Waals surface area (Å²) in [6, 6.07) is 10.2. The van der Waals surface area contributed by atoms with E-state index in [9.17, 15) is 4.79 Å². The first kappa shape index (κ1) is 15.0. The van der Waals surface area contributed by atoms with Crippen molar-refractivity contribution in [2.75, 3.05) is 7.11 Å². The summed E-state index contributed by atoms with van der Waals surface area (Å²) in [7, 11) is 1.43. The molecule has 0 saturated carbocycles. The number of hydrogen-bond acceptors (Lipinski definition) is 2.